The van der Waals surface area contributed by atoms with Crippen LogP contribution in [-0.4, -0.2) is 45.5 Å². The summed E-state index contributed by atoms with van der Waals surface area (Å²) < 4.78 is 6.80. The number of aromatic nitrogens is 2. The molecule has 0 spiro atoms. The Kier molecular flexibility index (Phi) is 2.99. The third-order valence-electron chi connectivity index (χ3n) is 4.29. The van der Waals surface area contributed by atoms with Crippen LogP contribution in [0.1, 0.15) is 19.8 Å². The van der Waals surface area contributed by atoms with Gasteiger partial charge in [-0.3, -0.25) is 10.1 Å². The largest absolute Gasteiger partial charge is 0.444 e. The smallest absolute Gasteiger partial charge is 0.408 e. The number of carbonyl (C=O) groups is 1. The Hall–Kier alpha value is -2.32. The van der Waals surface area contributed by atoms with Crippen molar-refractivity contribution < 1.29 is 14.5 Å². The molecule has 2 atom stereocenters. The molecule has 1 aromatic rings. The second-order valence-electron chi connectivity index (χ2n) is 5.70. The van der Waals surface area contributed by atoms with Crippen molar-refractivity contribution in [2.24, 2.45) is 7.05 Å². The van der Waals surface area contributed by atoms with Crippen molar-refractivity contribution in [1.82, 2.24) is 15.1 Å². The number of aryl methyl sites for hydroxylation is 1. The second kappa shape index (κ2) is 4.61. The van der Waals surface area contributed by atoms with E-state index in [2.05, 4.69) is 10.4 Å². The van der Waals surface area contributed by atoms with Gasteiger partial charge in [-0.1, -0.05) is 0 Å². The predicted molar refractivity (Wildman–Crippen MR) is 73.1 cm³/mol. The standard InChI is InChI=1S/C12H17N5O4/c1-12-4-6-16(5-3-9(12)21-11(18)14-12)10-8(17(19)20)7-13-15(10)2/h7,9H,3-6H2,1-2H3,(H,14,18)/t9-,12+/m0/s1. The van der Waals surface area contributed by atoms with Gasteiger partial charge in [-0.2, -0.15) is 5.10 Å². The highest BCUT2D eigenvalue weighted by Crippen LogP contribution is 2.34. The van der Waals surface area contributed by atoms with Crippen LogP contribution in [0.5, 0.6) is 0 Å². The van der Waals surface area contributed by atoms with Gasteiger partial charge < -0.3 is 15.0 Å². The van der Waals surface area contributed by atoms with Crippen LogP contribution in [0.3, 0.4) is 0 Å². The number of alkyl carbamates (subject to hydrolysis) is 1. The fourth-order valence-electron chi connectivity index (χ4n) is 3.08. The van der Waals surface area contributed by atoms with Crippen molar-refractivity contribution in [3.8, 4) is 0 Å². The molecule has 2 aliphatic rings. The summed E-state index contributed by atoms with van der Waals surface area (Å²) in [4.78, 5) is 24.0. The molecule has 1 N–H and O–H groups in total. The zero-order chi connectivity index (χ0) is 15.2. The number of ether oxygens (including phenoxy) is 1. The summed E-state index contributed by atoms with van der Waals surface area (Å²) >= 11 is 0. The summed E-state index contributed by atoms with van der Waals surface area (Å²) in [7, 11) is 1.69. The van der Waals surface area contributed by atoms with Crippen LogP contribution in [0.15, 0.2) is 6.20 Å². The Labute approximate surface area is 121 Å². The molecule has 3 rings (SSSR count). The monoisotopic (exact) mass is 295 g/mol. The lowest BCUT2D eigenvalue weighted by atomic mass is 9.91. The quantitative estimate of drug-likeness (QED) is 0.639. The van der Waals surface area contributed by atoms with E-state index in [1.54, 1.807) is 7.05 Å². The molecule has 114 valence electrons. The van der Waals surface area contributed by atoms with Crippen LogP contribution in [0.4, 0.5) is 16.3 Å². The van der Waals surface area contributed by atoms with Crippen LogP contribution in [0.25, 0.3) is 0 Å². The van der Waals surface area contributed by atoms with Gasteiger partial charge in [0.2, 0.25) is 5.82 Å². The number of hydrogen-bond acceptors (Lipinski definition) is 6. The molecule has 3 heterocycles. The summed E-state index contributed by atoms with van der Waals surface area (Å²) in [5.74, 6) is 0.495. The van der Waals surface area contributed by atoms with E-state index in [0.29, 0.717) is 31.7 Å². The van der Waals surface area contributed by atoms with Gasteiger partial charge in [-0.25, -0.2) is 9.48 Å². The molecular formula is C12H17N5O4. The van der Waals surface area contributed by atoms with E-state index in [-0.39, 0.29) is 17.9 Å². The summed E-state index contributed by atoms with van der Waals surface area (Å²) in [5.41, 5.74) is -0.418. The average Bonchev–Trinajstić information content (AvgIpc) is 2.87. The second-order valence-corrected chi connectivity index (χ2v) is 5.70. The Bertz CT molecular complexity index is 600. The molecule has 0 aromatic carbocycles. The minimum atomic E-state index is -0.423. The Morgan fingerprint density at radius 3 is 3.05 bits per heavy atom. The molecule has 21 heavy (non-hydrogen) atoms. The van der Waals surface area contributed by atoms with Gasteiger partial charge in [0.05, 0.1) is 10.5 Å². The average molecular weight is 295 g/mol. The van der Waals surface area contributed by atoms with E-state index >= 15 is 0 Å². The van der Waals surface area contributed by atoms with Crippen LogP contribution in [-0.2, 0) is 11.8 Å². The molecule has 0 saturated carbocycles. The first-order valence-electron chi connectivity index (χ1n) is 6.81. The number of anilines is 1. The lowest BCUT2D eigenvalue weighted by molar-refractivity contribution is -0.384. The highest BCUT2D eigenvalue weighted by Gasteiger charge is 2.46. The SMILES string of the molecule is Cn1ncc([N+](=O)[O-])c1N1CC[C@@H]2OC(=O)N[C@]2(C)CC1. The van der Waals surface area contributed by atoms with Crippen molar-refractivity contribution in [1.29, 1.82) is 0 Å². The molecule has 2 aliphatic heterocycles. The Balaban J connectivity index is 1.85. The number of carbonyl (C=O) groups excluding carboxylic acids is 1. The number of rotatable bonds is 2. The first kappa shape index (κ1) is 13.7. The van der Waals surface area contributed by atoms with Gasteiger partial charge in [0.25, 0.3) is 0 Å². The van der Waals surface area contributed by atoms with Crippen LogP contribution in [0.2, 0.25) is 0 Å². The van der Waals surface area contributed by atoms with Gasteiger partial charge in [0.1, 0.15) is 12.3 Å². The number of hydrogen-bond donors (Lipinski definition) is 1. The first-order chi connectivity index (χ1) is 9.90. The third-order valence-corrected chi connectivity index (χ3v) is 4.29. The molecule has 9 nitrogen and oxygen atoms in total. The maximum Gasteiger partial charge on any atom is 0.408 e. The first-order valence-corrected chi connectivity index (χ1v) is 6.81. The van der Waals surface area contributed by atoms with Gasteiger partial charge in [-0.05, 0) is 13.3 Å². The molecule has 1 aromatic heterocycles. The van der Waals surface area contributed by atoms with Crippen LogP contribution in [0, 0.1) is 10.1 Å². The van der Waals surface area contributed by atoms with E-state index in [9.17, 15) is 14.9 Å². The minimum Gasteiger partial charge on any atom is -0.444 e. The fraction of sp³-hybridized carbons (Fsp3) is 0.667. The molecule has 0 unspecified atom stereocenters. The van der Waals surface area contributed by atoms with Crippen molar-refractivity contribution in [3.05, 3.63) is 16.3 Å². The van der Waals surface area contributed by atoms with Gasteiger partial charge in [-0.15, -0.1) is 0 Å². The van der Waals surface area contributed by atoms with E-state index in [0.717, 1.165) is 0 Å². The number of nitro groups is 1. The van der Waals surface area contributed by atoms with E-state index in [1.807, 2.05) is 11.8 Å². The third kappa shape index (κ3) is 2.18. The maximum atomic E-state index is 11.4. The summed E-state index contributed by atoms with van der Waals surface area (Å²) in [6.07, 6.45) is 1.95. The normalized spacial score (nSPS) is 28.6. The van der Waals surface area contributed by atoms with Crippen LogP contribution < -0.4 is 10.2 Å². The molecule has 2 saturated heterocycles. The Morgan fingerprint density at radius 2 is 2.33 bits per heavy atom. The molecule has 0 bridgehead atoms. The zero-order valence-corrected chi connectivity index (χ0v) is 11.9. The highest BCUT2D eigenvalue weighted by atomic mass is 16.6. The summed E-state index contributed by atoms with van der Waals surface area (Å²) in [6, 6.07) is 0. The number of nitrogens with one attached hydrogen (secondary N) is 1. The molecular weight excluding hydrogens is 278 g/mol. The number of nitrogens with zero attached hydrogens (tertiary/aromatic N) is 4. The highest BCUT2D eigenvalue weighted by molar-refractivity contribution is 5.71. The molecule has 2 fully saturated rings. The Morgan fingerprint density at radius 1 is 1.57 bits per heavy atom. The van der Waals surface area contributed by atoms with E-state index < -0.39 is 10.5 Å². The minimum absolute atomic E-state index is 0.000309. The predicted octanol–water partition coefficient (Wildman–Crippen LogP) is 0.796. The number of amides is 1. The number of fused-ring (bicyclic) bond motifs is 1. The lowest BCUT2D eigenvalue weighted by Gasteiger charge is -2.25. The van der Waals surface area contributed by atoms with E-state index in [4.69, 9.17) is 4.74 Å². The fourth-order valence-corrected chi connectivity index (χ4v) is 3.08. The van der Waals surface area contributed by atoms with Gasteiger partial charge >= 0.3 is 11.8 Å². The van der Waals surface area contributed by atoms with Crippen LogP contribution >= 0.6 is 0 Å². The summed E-state index contributed by atoms with van der Waals surface area (Å²) in [5, 5.41) is 17.9. The molecule has 0 aliphatic carbocycles. The van der Waals surface area contributed by atoms with E-state index in [1.165, 1.54) is 10.9 Å². The van der Waals surface area contributed by atoms with Crippen molar-refractivity contribution in [3.63, 3.8) is 0 Å². The summed E-state index contributed by atoms with van der Waals surface area (Å²) in [6.45, 7) is 3.12. The van der Waals surface area contributed by atoms with Crippen molar-refractivity contribution >= 4 is 17.6 Å². The molecule has 0 radical (unpaired) electrons. The lowest BCUT2D eigenvalue weighted by Crippen LogP contribution is -2.45. The zero-order valence-electron chi connectivity index (χ0n) is 11.9. The maximum absolute atomic E-state index is 11.4. The van der Waals surface area contributed by atoms with Crippen molar-refractivity contribution in [2.45, 2.75) is 31.4 Å². The molecule has 1 amide bonds. The topological polar surface area (TPSA) is 103 Å². The van der Waals surface area contributed by atoms with Gasteiger partial charge in [0.15, 0.2) is 0 Å². The molecule has 9 heteroatoms. The van der Waals surface area contributed by atoms with Crippen molar-refractivity contribution in [2.75, 3.05) is 18.0 Å². The van der Waals surface area contributed by atoms with Gasteiger partial charge in [0, 0.05) is 26.6 Å².